The van der Waals surface area contributed by atoms with Gasteiger partial charge in [0.2, 0.25) is 0 Å². The highest BCUT2D eigenvalue weighted by molar-refractivity contribution is 9.10. The van der Waals surface area contributed by atoms with Crippen molar-refractivity contribution in [3.8, 4) is 16.9 Å². The van der Waals surface area contributed by atoms with Gasteiger partial charge >= 0.3 is 5.97 Å². The van der Waals surface area contributed by atoms with Gasteiger partial charge in [0.1, 0.15) is 5.82 Å². The van der Waals surface area contributed by atoms with Crippen LogP contribution in [0.15, 0.2) is 41.1 Å². The molecule has 1 heterocycles. The molecule has 0 atom stereocenters. The van der Waals surface area contributed by atoms with Crippen LogP contribution in [-0.4, -0.2) is 20.6 Å². The SMILES string of the molecule is O=C(O)c1nc(Br)n(-c2cccc(Cl)c2F)c1-c1ccc(F)c(Cl)c1. The Balaban J connectivity index is 2.38. The van der Waals surface area contributed by atoms with Crippen LogP contribution in [-0.2, 0) is 0 Å². The molecule has 0 aliphatic heterocycles. The number of hydrogen-bond donors (Lipinski definition) is 1. The van der Waals surface area contributed by atoms with E-state index in [2.05, 4.69) is 20.9 Å². The van der Waals surface area contributed by atoms with Gasteiger partial charge in [0.25, 0.3) is 0 Å². The van der Waals surface area contributed by atoms with Crippen LogP contribution in [0.25, 0.3) is 16.9 Å². The summed E-state index contributed by atoms with van der Waals surface area (Å²) in [5.41, 5.74) is -0.0902. The van der Waals surface area contributed by atoms with E-state index in [0.29, 0.717) is 0 Å². The zero-order valence-corrected chi connectivity index (χ0v) is 15.2. The minimum Gasteiger partial charge on any atom is -0.476 e. The standard InChI is InChI=1S/C16H7BrCl2F2N2O2/c17-16-22-13(15(24)25)14(7-4-5-10(20)9(19)6-7)23(16)11-3-1-2-8(18)12(11)21/h1-6H,(H,24,25). The number of hydrogen-bond acceptors (Lipinski definition) is 2. The summed E-state index contributed by atoms with van der Waals surface area (Å²) in [6, 6.07) is 7.94. The molecule has 0 saturated heterocycles. The molecule has 0 bridgehead atoms. The van der Waals surface area contributed by atoms with E-state index in [-0.39, 0.29) is 37.4 Å². The molecule has 1 aromatic heterocycles. The van der Waals surface area contributed by atoms with Gasteiger partial charge in [-0.15, -0.1) is 0 Å². The molecular formula is C16H7BrCl2F2N2O2. The van der Waals surface area contributed by atoms with Gasteiger partial charge in [0.05, 0.1) is 21.4 Å². The van der Waals surface area contributed by atoms with Crippen LogP contribution < -0.4 is 0 Å². The van der Waals surface area contributed by atoms with Crippen molar-refractivity contribution in [1.29, 1.82) is 0 Å². The van der Waals surface area contributed by atoms with E-state index in [1.165, 1.54) is 34.9 Å². The minimum atomic E-state index is -1.34. The normalized spacial score (nSPS) is 10.9. The van der Waals surface area contributed by atoms with Crippen molar-refractivity contribution in [2.24, 2.45) is 0 Å². The highest BCUT2D eigenvalue weighted by Crippen LogP contribution is 2.35. The summed E-state index contributed by atoms with van der Waals surface area (Å²) in [6.45, 7) is 0. The summed E-state index contributed by atoms with van der Waals surface area (Å²) in [6.07, 6.45) is 0. The second-order valence-electron chi connectivity index (χ2n) is 4.92. The number of aromatic nitrogens is 2. The monoisotopic (exact) mass is 446 g/mol. The fraction of sp³-hybridized carbons (Fsp3) is 0. The second kappa shape index (κ2) is 6.74. The van der Waals surface area contributed by atoms with Gasteiger partial charge in [0, 0.05) is 5.56 Å². The van der Waals surface area contributed by atoms with Crippen molar-refractivity contribution in [2.75, 3.05) is 0 Å². The number of imidazole rings is 1. The maximum absolute atomic E-state index is 14.5. The van der Waals surface area contributed by atoms with E-state index in [1.807, 2.05) is 0 Å². The molecule has 9 heteroatoms. The summed E-state index contributed by atoms with van der Waals surface area (Å²) in [5, 5.41) is 9.09. The molecule has 128 valence electrons. The number of carbonyl (C=O) groups is 1. The van der Waals surface area contributed by atoms with Gasteiger partial charge in [-0.05, 0) is 46.3 Å². The molecule has 2 aromatic carbocycles. The van der Waals surface area contributed by atoms with E-state index >= 15 is 0 Å². The Labute approximate surface area is 158 Å². The Morgan fingerprint density at radius 1 is 1.16 bits per heavy atom. The third-order valence-corrected chi connectivity index (χ3v) is 4.52. The van der Waals surface area contributed by atoms with Gasteiger partial charge in [-0.25, -0.2) is 18.6 Å². The van der Waals surface area contributed by atoms with E-state index in [4.69, 9.17) is 23.2 Å². The largest absolute Gasteiger partial charge is 0.476 e. The third-order valence-electron chi connectivity index (χ3n) is 3.40. The van der Waals surface area contributed by atoms with Crippen LogP contribution in [0.4, 0.5) is 8.78 Å². The quantitative estimate of drug-likeness (QED) is 0.569. The summed E-state index contributed by atoms with van der Waals surface area (Å²) >= 11 is 14.8. The summed E-state index contributed by atoms with van der Waals surface area (Å²) in [5.74, 6) is -2.76. The molecule has 25 heavy (non-hydrogen) atoms. The summed E-state index contributed by atoms with van der Waals surface area (Å²) in [4.78, 5) is 15.5. The molecule has 0 unspecified atom stereocenters. The predicted octanol–water partition coefficient (Wildman–Crippen LogP) is 5.59. The Morgan fingerprint density at radius 3 is 2.52 bits per heavy atom. The first-order valence-electron chi connectivity index (χ1n) is 6.72. The number of halogens is 5. The molecule has 3 aromatic rings. The first kappa shape index (κ1) is 17.8. The second-order valence-corrected chi connectivity index (χ2v) is 6.44. The molecule has 3 rings (SSSR count). The molecule has 0 spiro atoms. The smallest absolute Gasteiger partial charge is 0.356 e. The third kappa shape index (κ3) is 3.15. The Hall–Kier alpha value is -1.96. The lowest BCUT2D eigenvalue weighted by atomic mass is 10.1. The Morgan fingerprint density at radius 2 is 1.88 bits per heavy atom. The molecule has 0 saturated carbocycles. The van der Waals surface area contributed by atoms with E-state index < -0.39 is 17.6 Å². The Bertz CT molecular complexity index is 1010. The zero-order valence-electron chi connectivity index (χ0n) is 12.1. The fourth-order valence-electron chi connectivity index (χ4n) is 2.34. The summed E-state index contributed by atoms with van der Waals surface area (Å²) < 4.78 is 29.2. The lowest BCUT2D eigenvalue weighted by Crippen LogP contribution is -2.04. The summed E-state index contributed by atoms with van der Waals surface area (Å²) in [7, 11) is 0. The average Bonchev–Trinajstić information content (AvgIpc) is 2.90. The van der Waals surface area contributed by atoms with Gasteiger partial charge in [-0.2, -0.15) is 0 Å². The predicted molar refractivity (Wildman–Crippen MR) is 93.6 cm³/mol. The van der Waals surface area contributed by atoms with E-state index in [9.17, 15) is 18.7 Å². The zero-order chi connectivity index (χ0) is 18.3. The first-order valence-corrected chi connectivity index (χ1v) is 8.27. The highest BCUT2D eigenvalue weighted by atomic mass is 79.9. The van der Waals surface area contributed by atoms with Crippen LogP contribution in [0, 0.1) is 11.6 Å². The van der Waals surface area contributed by atoms with Crippen molar-refractivity contribution in [3.05, 3.63) is 68.5 Å². The lowest BCUT2D eigenvalue weighted by Gasteiger charge is -2.12. The number of aromatic carboxylic acids is 1. The fourth-order valence-corrected chi connectivity index (χ4v) is 3.23. The molecule has 0 amide bonds. The van der Waals surface area contributed by atoms with Gasteiger partial charge < -0.3 is 5.11 Å². The number of benzene rings is 2. The van der Waals surface area contributed by atoms with Gasteiger partial charge in [-0.3, -0.25) is 4.57 Å². The Kier molecular flexibility index (Phi) is 4.81. The van der Waals surface area contributed by atoms with Crippen LogP contribution in [0.1, 0.15) is 10.5 Å². The van der Waals surface area contributed by atoms with E-state index in [0.717, 1.165) is 6.07 Å². The average molecular weight is 448 g/mol. The van der Waals surface area contributed by atoms with Gasteiger partial charge in [-0.1, -0.05) is 29.3 Å². The van der Waals surface area contributed by atoms with Crippen molar-refractivity contribution < 1.29 is 18.7 Å². The molecule has 4 nitrogen and oxygen atoms in total. The van der Waals surface area contributed by atoms with Crippen molar-refractivity contribution >= 4 is 45.1 Å². The number of carboxylic acids is 1. The molecular weight excluding hydrogens is 441 g/mol. The van der Waals surface area contributed by atoms with Crippen LogP contribution in [0.2, 0.25) is 10.0 Å². The highest BCUT2D eigenvalue weighted by Gasteiger charge is 2.25. The van der Waals surface area contributed by atoms with Crippen molar-refractivity contribution in [3.63, 3.8) is 0 Å². The van der Waals surface area contributed by atoms with Crippen LogP contribution >= 0.6 is 39.1 Å². The number of nitrogens with zero attached hydrogens (tertiary/aromatic N) is 2. The number of carboxylic acid groups (broad SMARTS) is 1. The maximum atomic E-state index is 14.5. The first-order chi connectivity index (χ1) is 11.8. The van der Waals surface area contributed by atoms with Crippen molar-refractivity contribution in [2.45, 2.75) is 0 Å². The minimum absolute atomic E-state index is 0.0187. The molecule has 0 fully saturated rings. The molecule has 0 radical (unpaired) electrons. The van der Waals surface area contributed by atoms with Crippen LogP contribution in [0.3, 0.4) is 0 Å². The lowest BCUT2D eigenvalue weighted by molar-refractivity contribution is 0.0692. The van der Waals surface area contributed by atoms with E-state index in [1.54, 1.807) is 0 Å². The molecule has 1 N–H and O–H groups in total. The number of rotatable bonds is 3. The van der Waals surface area contributed by atoms with Gasteiger partial charge in [0.15, 0.2) is 16.2 Å². The maximum Gasteiger partial charge on any atom is 0.356 e. The van der Waals surface area contributed by atoms with Crippen LogP contribution in [0.5, 0.6) is 0 Å². The topological polar surface area (TPSA) is 55.1 Å². The molecule has 0 aliphatic carbocycles. The molecule has 0 aliphatic rings. The van der Waals surface area contributed by atoms with Crippen molar-refractivity contribution in [1.82, 2.24) is 9.55 Å².